The van der Waals surface area contributed by atoms with E-state index in [1.165, 1.54) is 0 Å². The molecule has 118 valence electrons. The minimum atomic E-state index is -0.126. The van der Waals surface area contributed by atoms with Gasteiger partial charge in [0.15, 0.2) is 0 Å². The van der Waals surface area contributed by atoms with Gasteiger partial charge in [-0.05, 0) is 25.1 Å². The fraction of sp³-hybridized carbons (Fsp3) is 0.375. The van der Waals surface area contributed by atoms with E-state index in [4.69, 9.17) is 0 Å². The van der Waals surface area contributed by atoms with Gasteiger partial charge in [-0.2, -0.15) is 5.10 Å². The topological polar surface area (TPSA) is 82.2 Å². The number of aromatic nitrogens is 3. The van der Waals surface area contributed by atoms with Gasteiger partial charge in [0.25, 0.3) is 5.91 Å². The van der Waals surface area contributed by atoms with Crippen LogP contribution in [0.4, 0.5) is 5.69 Å². The normalized spacial score (nSPS) is 23.4. The molecule has 0 radical (unpaired) electrons. The number of carbonyl (C=O) groups is 2. The molecule has 2 atom stereocenters. The van der Waals surface area contributed by atoms with Crippen molar-refractivity contribution in [3.63, 3.8) is 0 Å². The van der Waals surface area contributed by atoms with Crippen LogP contribution >= 0.6 is 0 Å². The molecule has 0 saturated carbocycles. The lowest BCUT2D eigenvalue weighted by molar-refractivity contribution is -0.120. The molecular weight excluding hydrogens is 294 g/mol. The second-order valence-electron chi connectivity index (χ2n) is 6.17. The standard InChI is InChI=1S/C16H17N5O2/c1-10-5-14(19-18-10)16(23)20-7-11-8-21(15(22)13(11)9-20)12-3-2-4-17-6-12/h2-6,11,13H,7-9H2,1H3,(H,18,19)/t11-,13-/m0/s1. The number of likely N-dealkylation sites (tertiary alicyclic amines) is 1. The predicted octanol–water partition coefficient (Wildman–Crippen LogP) is 0.848. The maximum atomic E-state index is 12.6. The van der Waals surface area contributed by atoms with Crippen molar-refractivity contribution >= 4 is 17.5 Å². The molecule has 23 heavy (non-hydrogen) atoms. The molecule has 0 unspecified atom stereocenters. The van der Waals surface area contributed by atoms with Gasteiger partial charge >= 0.3 is 0 Å². The summed E-state index contributed by atoms with van der Waals surface area (Å²) in [7, 11) is 0. The van der Waals surface area contributed by atoms with Crippen molar-refractivity contribution in [2.45, 2.75) is 6.92 Å². The van der Waals surface area contributed by atoms with Gasteiger partial charge in [-0.25, -0.2) is 0 Å². The summed E-state index contributed by atoms with van der Waals surface area (Å²) in [4.78, 5) is 32.7. The van der Waals surface area contributed by atoms with Crippen LogP contribution in [0.2, 0.25) is 0 Å². The summed E-state index contributed by atoms with van der Waals surface area (Å²) in [5.41, 5.74) is 2.10. The summed E-state index contributed by atoms with van der Waals surface area (Å²) in [6, 6.07) is 5.45. The van der Waals surface area contributed by atoms with E-state index in [1.54, 1.807) is 28.3 Å². The monoisotopic (exact) mass is 311 g/mol. The average molecular weight is 311 g/mol. The van der Waals surface area contributed by atoms with Gasteiger partial charge in [0.2, 0.25) is 5.91 Å². The molecule has 2 fully saturated rings. The Labute approximate surface area is 133 Å². The lowest BCUT2D eigenvalue weighted by Gasteiger charge is -2.21. The molecule has 7 heteroatoms. The number of hydrogen-bond donors (Lipinski definition) is 1. The Morgan fingerprint density at radius 2 is 2.22 bits per heavy atom. The molecular formula is C16H17N5O2. The zero-order chi connectivity index (χ0) is 16.0. The number of anilines is 1. The Balaban J connectivity index is 1.49. The van der Waals surface area contributed by atoms with Crippen LogP contribution in [-0.2, 0) is 4.79 Å². The fourth-order valence-electron chi connectivity index (χ4n) is 3.46. The van der Waals surface area contributed by atoms with E-state index in [0.29, 0.717) is 25.3 Å². The molecule has 0 bridgehead atoms. The number of carbonyl (C=O) groups excluding carboxylic acids is 2. The number of aromatic amines is 1. The lowest BCUT2D eigenvalue weighted by atomic mass is 10.0. The van der Waals surface area contributed by atoms with Gasteiger partial charge in [-0.15, -0.1) is 0 Å². The first-order valence-corrected chi connectivity index (χ1v) is 7.66. The first-order valence-electron chi connectivity index (χ1n) is 7.66. The lowest BCUT2D eigenvalue weighted by Crippen LogP contribution is -2.35. The van der Waals surface area contributed by atoms with E-state index < -0.39 is 0 Å². The Morgan fingerprint density at radius 3 is 2.87 bits per heavy atom. The Morgan fingerprint density at radius 1 is 1.35 bits per heavy atom. The molecule has 2 aromatic rings. The molecule has 2 amide bonds. The summed E-state index contributed by atoms with van der Waals surface area (Å²) in [5, 5.41) is 6.80. The predicted molar refractivity (Wildman–Crippen MR) is 82.8 cm³/mol. The number of fused-ring (bicyclic) bond motifs is 1. The highest BCUT2D eigenvalue weighted by Gasteiger charge is 2.48. The molecule has 2 aliphatic heterocycles. The van der Waals surface area contributed by atoms with Crippen LogP contribution < -0.4 is 4.90 Å². The summed E-state index contributed by atoms with van der Waals surface area (Å²) < 4.78 is 0. The zero-order valence-corrected chi connectivity index (χ0v) is 12.8. The molecule has 0 aromatic carbocycles. The van der Waals surface area contributed by atoms with Gasteiger partial charge in [-0.1, -0.05) is 0 Å². The SMILES string of the molecule is Cc1cc(C(=O)N2C[C@H]3CN(c4cccnc4)C(=O)[C@H]3C2)n[nH]1. The number of amides is 2. The van der Waals surface area contributed by atoms with E-state index in [0.717, 1.165) is 11.4 Å². The first-order chi connectivity index (χ1) is 11.1. The maximum absolute atomic E-state index is 12.6. The van der Waals surface area contributed by atoms with Crippen molar-refractivity contribution in [1.82, 2.24) is 20.1 Å². The Hall–Kier alpha value is -2.70. The van der Waals surface area contributed by atoms with Crippen LogP contribution in [0.3, 0.4) is 0 Å². The van der Waals surface area contributed by atoms with Gasteiger partial charge in [0.05, 0.1) is 17.8 Å². The number of aryl methyl sites for hydroxylation is 1. The molecule has 2 aliphatic rings. The highest BCUT2D eigenvalue weighted by Crippen LogP contribution is 2.35. The number of H-pyrrole nitrogens is 1. The number of hydrogen-bond acceptors (Lipinski definition) is 4. The van der Waals surface area contributed by atoms with Crippen LogP contribution in [0.15, 0.2) is 30.6 Å². The summed E-state index contributed by atoms with van der Waals surface area (Å²) in [6.45, 7) is 3.55. The third-order valence-electron chi connectivity index (χ3n) is 4.61. The molecule has 4 rings (SSSR count). The third-order valence-corrected chi connectivity index (χ3v) is 4.61. The van der Waals surface area contributed by atoms with Crippen LogP contribution in [0.25, 0.3) is 0 Å². The van der Waals surface area contributed by atoms with Crippen molar-refractivity contribution in [3.05, 3.63) is 42.0 Å². The molecule has 0 spiro atoms. The Kier molecular flexibility index (Phi) is 3.14. The number of nitrogens with zero attached hydrogens (tertiary/aromatic N) is 4. The average Bonchev–Trinajstić information content (AvgIpc) is 3.24. The van der Waals surface area contributed by atoms with E-state index in [-0.39, 0.29) is 23.7 Å². The summed E-state index contributed by atoms with van der Waals surface area (Å²) >= 11 is 0. The highest BCUT2D eigenvalue weighted by molar-refractivity contribution is 5.99. The maximum Gasteiger partial charge on any atom is 0.274 e. The van der Waals surface area contributed by atoms with Crippen molar-refractivity contribution in [1.29, 1.82) is 0 Å². The van der Waals surface area contributed by atoms with E-state index in [1.807, 2.05) is 19.1 Å². The van der Waals surface area contributed by atoms with Crippen LogP contribution in [0.1, 0.15) is 16.2 Å². The van der Waals surface area contributed by atoms with Gasteiger partial charge in [0.1, 0.15) is 5.69 Å². The number of nitrogens with one attached hydrogen (secondary N) is 1. The molecule has 1 N–H and O–H groups in total. The largest absolute Gasteiger partial charge is 0.336 e. The molecule has 7 nitrogen and oxygen atoms in total. The van der Waals surface area contributed by atoms with Crippen LogP contribution in [-0.4, -0.2) is 51.5 Å². The van der Waals surface area contributed by atoms with E-state index in [9.17, 15) is 9.59 Å². The molecule has 2 aromatic heterocycles. The smallest absolute Gasteiger partial charge is 0.274 e. The summed E-state index contributed by atoms with van der Waals surface area (Å²) in [6.07, 6.45) is 3.39. The van der Waals surface area contributed by atoms with Crippen molar-refractivity contribution < 1.29 is 9.59 Å². The number of pyridine rings is 1. The minimum absolute atomic E-state index is 0.0801. The Bertz CT molecular complexity index is 757. The van der Waals surface area contributed by atoms with Gasteiger partial charge in [-0.3, -0.25) is 19.7 Å². The first kappa shape index (κ1) is 13.9. The van der Waals surface area contributed by atoms with Gasteiger partial charge < -0.3 is 9.80 Å². The fourth-order valence-corrected chi connectivity index (χ4v) is 3.46. The van der Waals surface area contributed by atoms with E-state index in [2.05, 4.69) is 15.2 Å². The van der Waals surface area contributed by atoms with E-state index >= 15 is 0 Å². The molecule has 0 aliphatic carbocycles. The third kappa shape index (κ3) is 2.28. The van der Waals surface area contributed by atoms with Crippen molar-refractivity contribution in [3.8, 4) is 0 Å². The second kappa shape index (κ2) is 5.19. The van der Waals surface area contributed by atoms with Crippen molar-refractivity contribution in [2.24, 2.45) is 11.8 Å². The van der Waals surface area contributed by atoms with Crippen LogP contribution in [0, 0.1) is 18.8 Å². The quantitative estimate of drug-likeness (QED) is 0.891. The van der Waals surface area contributed by atoms with Crippen LogP contribution in [0.5, 0.6) is 0 Å². The van der Waals surface area contributed by atoms with Crippen molar-refractivity contribution in [2.75, 3.05) is 24.5 Å². The summed E-state index contributed by atoms with van der Waals surface area (Å²) in [5.74, 6) is 0.0203. The zero-order valence-electron chi connectivity index (χ0n) is 12.8. The highest BCUT2D eigenvalue weighted by atomic mass is 16.2. The molecule has 4 heterocycles. The van der Waals surface area contributed by atoms with Gasteiger partial charge in [0, 0.05) is 37.4 Å². The minimum Gasteiger partial charge on any atom is -0.336 e. The number of rotatable bonds is 2. The molecule has 2 saturated heterocycles. The second-order valence-corrected chi connectivity index (χ2v) is 6.17.